The van der Waals surface area contributed by atoms with Crippen molar-refractivity contribution in [1.82, 2.24) is 4.31 Å². The molecule has 3 N–H and O–H groups in total. The van der Waals surface area contributed by atoms with Crippen LogP contribution in [-0.4, -0.2) is 51.0 Å². The normalized spacial score (nSPS) is 13.0. The molecule has 0 aromatic heterocycles. The van der Waals surface area contributed by atoms with E-state index in [0.717, 1.165) is 4.31 Å². The number of carbonyl (C=O) groups is 1. The van der Waals surface area contributed by atoms with Crippen LogP contribution in [-0.2, 0) is 26.3 Å². The zero-order chi connectivity index (χ0) is 16.2. The SMILES string of the molecule is COC(=O)C(N)Cc1ccc(O)c(OS(=O)(=O)N(C)C)c1. The van der Waals surface area contributed by atoms with Crippen LogP contribution >= 0.6 is 0 Å². The van der Waals surface area contributed by atoms with E-state index in [2.05, 4.69) is 4.74 Å². The van der Waals surface area contributed by atoms with Gasteiger partial charge in [0.2, 0.25) is 0 Å². The summed E-state index contributed by atoms with van der Waals surface area (Å²) in [5, 5.41) is 9.64. The van der Waals surface area contributed by atoms with Crippen molar-refractivity contribution in [3.63, 3.8) is 0 Å². The van der Waals surface area contributed by atoms with Crippen LogP contribution in [0.4, 0.5) is 0 Å². The lowest BCUT2D eigenvalue weighted by Gasteiger charge is -2.14. The molecule has 8 nitrogen and oxygen atoms in total. The first-order chi connectivity index (χ1) is 9.67. The van der Waals surface area contributed by atoms with E-state index in [1.165, 1.54) is 39.4 Å². The molecule has 0 saturated heterocycles. The van der Waals surface area contributed by atoms with Crippen LogP contribution in [0.2, 0.25) is 0 Å². The van der Waals surface area contributed by atoms with E-state index in [4.69, 9.17) is 9.92 Å². The van der Waals surface area contributed by atoms with E-state index >= 15 is 0 Å². The third-order valence-corrected chi connectivity index (χ3v) is 3.91. The highest BCUT2D eigenvalue weighted by Gasteiger charge is 2.20. The number of carbonyl (C=O) groups excluding carboxylic acids is 1. The number of phenols is 1. The Morgan fingerprint density at radius 3 is 2.57 bits per heavy atom. The van der Waals surface area contributed by atoms with E-state index in [1.54, 1.807) is 0 Å². The molecule has 0 radical (unpaired) electrons. The molecule has 1 unspecified atom stereocenters. The molecular weight excluding hydrogens is 300 g/mol. The highest BCUT2D eigenvalue weighted by Crippen LogP contribution is 2.29. The quantitative estimate of drug-likeness (QED) is 0.686. The van der Waals surface area contributed by atoms with Gasteiger partial charge < -0.3 is 19.8 Å². The molecule has 0 amide bonds. The fourth-order valence-corrected chi connectivity index (χ4v) is 1.94. The molecule has 118 valence electrons. The van der Waals surface area contributed by atoms with Crippen LogP contribution < -0.4 is 9.92 Å². The van der Waals surface area contributed by atoms with Crippen LogP contribution in [0.15, 0.2) is 18.2 Å². The number of esters is 1. The van der Waals surface area contributed by atoms with Gasteiger partial charge in [-0.15, -0.1) is 0 Å². The van der Waals surface area contributed by atoms with Crippen LogP contribution in [0.3, 0.4) is 0 Å². The van der Waals surface area contributed by atoms with E-state index < -0.39 is 22.3 Å². The fourth-order valence-electron chi connectivity index (χ4n) is 1.43. The lowest BCUT2D eigenvalue weighted by atomic mass is 10.1. The Balaban J connectivity index is 2.98. The lowest BCUT2D eigenvalue weighted by Crippen LogP contribution is -2.33. The summed E-state index contributed by atoms with van der Waals surface area (Å²) in [5.41, 5.74) is 6.14. The van der Waals surface area contributed by atoms with Crippen molar-refractivity contribution in [2.24, 2.45) is 5.73 Å². The minimum absolute atomic E-state index is 0.116. The molecule has 0 saturated carbocycles. The van der Waals surface area contributed by atoms with Crippen molar-refractivity contribution in [3.05, 3.63) is 23.8 Å². The molecule has 1 aromatic rings. The molecule has 0 spiro atoms. The number of methoxy groups -OCH3 is 1. The van der Waals surface area contributed by atoms with Crippen molar-refractivity contribution >= 4 is 16.3 Å². The number of nitrogens with two attached hydrogens (primary N) is 1. The van der Waals surface area contributed by atoms with Gasteiger partial charge in [-0.2, -0.15) is 12.7 Å². The van der Waals surface area contributed by atoms with Gasteiger partial charge in [-0.05, 0) is 24.1 Å². The molecule has 0 bridgehead atoms. The first-order valence-electron chi connectivity index (χ1n) is 5.94. The van der Waals surface area contributed by atoms with Gasteiger partial charge in [0, 0.05) is 14.1 Å². The molecule has 0 heterocycles. The summed E-state index contributed by atoms with van der Waals surface area (Å²) in [6, 6.07) is 3.18. The van der Waals surface area contributed by atoms with Gasteiger partial charge in [0.1, 0.15) is 6.04 Å². The predicted octanol–water partition coefficient (Wildman–Crippen LogP) is -0.380. The molecule has 9 heteroatoms. The van der Waals surface area contributed by atoms with Crippen LogP contribution in [0.25, 0.3) is 0 Å². The Kier molecular flexibility index (Phi) is 5.53. The minimum Gasteiger partial charge on any atom is -0.504 e. The predicted molar refractivity (Wildman–Crippen MR) is 75.0 cm³/mol. The zero-order valence-corrected chi connectivity index (χ0v) is 12.8. The number of aromatic hydroxyl groups is 1. The second kappa shape index (κ2) is 6.74. The summed E-state index contributed by atoms with van der Waals surface area (Å²) in [5.74, 6) is -1.17. The van der Waals surface area contributed by atoms with E-state index in [0.29, 0.717) is 5.56 Å². The molecule has 0 aliphatic heterocycles. The van der Waals surface area contributed by atoms with Crippen LogP contribution in [0, 0.1) is 0 Å². The summed E-state index contributed by atoms with van der Waals surface area (Å²) in [6.45, 7) is 0. The molecule has 1 aromatic carbocycles. The summed E-state index contributed by atoms with van der Waals surface area (Å²) in [6.07, 6.45) is 0.116. The van der Waals surface area contributed by atoms with Crippen molar-refractivity contribution in [2.45, 2.75) is 12.5 Å². The van der Waals surface area contributed by atoms with Gasteiger partial charge in [-0.3, -0.25) is 4.79 Å². The topological polar surface area (TPSA) is 119 Å². The van der Waals surface area contributed by atoms with Gasteiger partial charge in [0.05, 0.1) is 7.11 Å². The number of rotatable bonds is 6. The maximum absolute atomic E-state index is 11.6. The second-order valence-corrected chi connectivity index (χ2v) is 6.21. The largest absolute Gasteiger partial charge is 0.504 e. The highest BCUT2D eigenvalue weighted by atomic mass is 32.2. The minimum atomic E-state index is -3.99. The van der Waals surface area contributed by atoms with E-state index in [1.807, 2.05) is 0 Å². The Bertz CT molecular complexity index is 614. The molecule has 0 aliphatic rings. The summed E-state index contributed by atoms with van der Waals surface area (Å²) >= 11 is 0. The zero-order valence-electron chi connectivity index (χ0n) is 11.9. The summed E-state index contributed by atoms with van der Waals surface area (Å²) in [4.78, 5) is 11.3. The van der Waals surface area contributed by atoms with Crippen LogP contribution in [0.1, 0.15) is 5.56 Å². The molecule has 21 heavy (non-hydrogen) atoms. The van der Waals surface area contributed by atoms with Gasteiger partial charge >= 0.3 is 16.3 Å². The molecule has 1 rings (SSSR count). The smallest absolute Gasteiger partial charge is 0.384 e. The Labute approximate surface area is 123 Å². The Morgan fingerprint density at radius 1 is 1.43 bits per heavy atom. The van der Waals surface area contributed by atoms with Gasteiger partial charge in [-0.1, -0.05) is 6.07 Å². The second-order valence-electron chi connectivity index (χ2n) is 4.46. The number of ether oxygens (including phenoxy) is 1. The monoisotopic (exact) mass is 318 g/mol. The lowest BCUT2D eigenvalue weighted by molar-refractivity contribution is -0.142. The number of benzene rings is 1. The Morgan fingerprint density at radius 2 is 2.05 bits per heavy atom. The number of hydrogen-bond acceptors (Lipinski definition) is 7. The Hall–Kier alpha value is -1.84. The first kappa shape index (κ1) is 17.2. The molecule has 0 aliphatic carbocycles. The van der Waals surface area contributed by atoms with Crippen LogP contribution in [0.5, 0.6) is 11.5 Å². The average Bonchev–Trinajstić information content (AvgIpc) is 2.41. The van der Waals surface area contributed by atoms with Gasteiger partial charge in [-0.25, -0.2) is 0 Å². The molecule has 1 atom stereocenters. The average molecular weight is 318 g/mol. The van der Waals surface area contributed by atoms with Crippen molar-refractivity contribution in [2.75, 3.05) is 21.2 Å². The maximum Gasteiger partial charge on any atom is 0.384 e. The summed E-state index contributed by atoms with van der Waals surface area (Å²) in [7, 11) is -0.180. The standard InChI is InChI=1S/C12H18N2O6S/c1-14(2)21(17,18)20-11-7-8(4-5-10(11)15)6-9(13)12(16)19-3/h4-5,7,9,15H,6,13H2,1-3H3. The molecule has 0 fully saturated rings. The number of hydrogen-bond donors (Lipinski definition) is 2. The van der Waals surface area contributed by atoms with Crippen molar-refractivity contribution in [3.8, 4) is 11.5 Å². The fraction of sp³-hybridized carbons (Fsp3) is 0.417. The van der Waals surface area contributed by atoms with Crippen molar-refractivity contribution in [1.29, 1.82) is 0 Å². The number of phenolic OH excluding ortho intramolecular Hbond substituents is 1. The van der Waals surface area contributed by atoms with E-state index in [9.17, 15) is 18.3 Å². The third kappa shape index (κ3) is 4.59. The van der Waals surface area contributed by atoms with Gasteiger partial charge in [0.25, 0.3) is 0 Å². The third-order valence-electron chi connectivity index (χ3n) is 2.63. The number of nitrogens with zero attached hydrogens (tertiary/aromatic N) is 1. The van der Waals surface area contributed by atoms with Gasteiger partial charge in [0.15, 0.2) is 11.5 Å². The van der Waals surface area contributed by atoms with E-state index in [-0.39, 0.29) is 17.9 Å². The first-order valence-corrected chi connectivity index (χ1v) is 7.31. The molecular formula is C12H18N2O6S. The highest BCUT2D eigenvalue weighted by molar-refractivity contribution is 7.84. The summed E-state index contributed by atoms with van der Waals surface area (Å²) < 4.78 is 33.4. The maximum atomic E-state index is 11.6. The van der Waals surface area contributed by atoms with Crippen molar-refractivity contribution < 1.29 is 27.2 Å².